The Hall–Kier alpha value is -0.880. The van der Waals surface area contributed by atoms with Gasteiger partial charge < -0.3 is 4.90 Å². The highest BCUT2D eigenvalue weighted by molar-refractivity contribution is 9.10. The number of hydrogen-bond acceptors (Lipinski definition) is 3. The van der Waals surface area contributed by atoms with Gasteiger partial charge in [0.25, 0.3) is 5.91 Å². The van der Waals surface area contributed by atoms with Crippen LogP contribution in [0.4, 0.5) is 0 Å². The highest BCUT2D eigenvalue weighted by Gasteiger charge is 2.22. The fraction of sp³-hybridized carbons (Fsp3) is 0.312. The van der Waals surface area contributed by atoms with E-state index in [2.05, 4.69) is 45.1 Å². The third-order valence-corrected chi connectivity index (χ3v) is 5.37. The van der Waals surface area contributed by atoms with Crippen LogP contribution in [0.5, 0.6) is 0 Å². The number of piperazine rings is 1. The number of halogens is 2. The molecule has 0 atom stereocenters. The Kier molecular flexibility index (Phi) is 6.44. The van der Waals surface area contributed by atoms with Gasteiger partial charge in [-0.05, 0) is 27.6 Å². The minimum absolute atomic E-state index is 0. The molecule has 2 heterocycles. The molecule has 1 fully saturated rings. The summed E-state index contributed by atoms with van der Waals surface area (Å²) in [5.41, 5.74) is 1.33. The van der Waals surface area contributed by atoms with Crippen molar-refractivity contribution in [3.05, 3.63) is 56.7 Å². The summed E-state index contributed by atoms with van der Waals surface area (Å²) >= 11 is 4.91. The fourth-order valence-corrected chi connectivity index (χ4v) is 3.93. The van der Waals surface area contributed by atoms with Crippen LogP contribution in [-0.2, 0) is 6.54 Å². The second-order valence-corrected chi connectivity index (χ2v) is 7.01. The van der Waals surface area contributed by atoms with Gasteiger partial charge in [-0.2, -0.15) is 0 Å². The molecule has 3 rings (SSSR count). The summed E-state index contributed by atoms with van der Waals surface area (Å²) in [5, 5.41) is 1.96. The smallest absolute Gasteiger partial charge is 0.264 e. The quantitative estimate of drug-likeness (QED) is 0.779. The molecule has 0 radical (unpaired) electrons. The molecular formula is C16H18BrClN2OS. The van der Waals surface area contributed by atoms with Gasteiger partial charge in [0.15, 0.2) is 0 Å². The van der Waals surface area contributed by atoms with Crippen LogP contribution >= 0.6 is 39.7 Å². The van der Waals surface area contributed by atoms with Gasteiger partial charge in [-0.1, -0.05) is 30.3 Å². The molecule has 1 saturated heterocycles. The van der Waals surface area contributed by atoms with Crippen molar-refractivity contribution >= 4 is 45.6 Å². The van der Waals surface area contributed by atoms with Crippen LogP contribution in [0, 0.1) is 0 Å². The van der Waals surface area contributed by atoms with E-state index < -0.39 is 0 Å². The zero-order chi connectivity index (χ0) is 14.7. The minimum atomic E-state index is 0. The van der Waals surface area contributed by atoms with Crippen LogP contribution in [-0.4, -0.2) is 41.9 Å². The van der Waals surface area contributed by atoms with Gasteiger partial charge in [0.05, 0.1) is 4.88 Å². The van der Waals surface area contributed by atoms with Crippen molar-refractivity contribution in [2.75, 3.05) is 26.2 Å². The van der Waals surface area contributed by atoms with Crippen molar-refractivity contribution in [2.45, 2.75) is 6.54 Å². The van der Waals surface area contributed by atoms with Crippen molar-refractivity contribution in [2.24, 2.45) is 0 Å². The molecule has 1 aliphatic rings. The molecule has 0 bridgehead atoms. The molecule has 22 heavy (non-hydrogen) atoms. The first kappa shape index (κ1) is 17.5. The van der Waals surface area contributed by atoms with Crippen LogP contribution in [0.25, 0.3) is 0 Å². The summed E-state index contributed by atoms with van der Waals surface area (Å²) in [5.74, 6) is 0.157. The number of amides is 1. The van der Waals surface area contributed by atoms with E-state index in [-0.39, 0.29) is 18.3 Å². The average Bonchev–Trinajstić information content (AvgIpc) is 2.95. The van der Waals surface area contributed by atoms with Crippen molar-refractivity contribution in [1.29, 1.82) is 0 Å². The lowest BCUT2D eigenvalue weighted by molar-refractivity contribution is 0.0633. The summed E-state index contributed by atoms with van der Waals surface area (Å²) in [6.45, 7) is 4.45. The molecule has 118 valence electrons. The highest BCUT2D eigenvalue weighted by atomic mass is 79.9. The van der Waals surface area contributed by atoms with E-state index in [1.807, 2.05) is 22.4 Å². The van der Waals surface area contributed by atoms with E-state index in [1.54, 1.807) is 0 Å². The van der Waals surface area contributed by atoms with Crippen LogP contribution in [0.3, 0.4) is 0 Å². The maximum absolute atomic E-state index is 12.4. The number of benzene rings is 1. The first-order valence-electron chi connectivity index (χ1n) is 7.02. The predicted octanol–water partition coefficient (Wildman–Crippen LogP) is 3.89. The molecular weight excluding hydrogens is 384 g/mol. The second-order valence-electron chi connectivity index (χ2n) is 5.18. The van der Waals surface area contributed by atoms with Crippen molar-refractivity contribution < 1.29 is 4.79 Å². The molecule has 3 nitrogen and oxygen atoms in total. The third kappa shape index (κ3) is 4.32. The first-order valence-corrected chi connectivity index (χ1v) is 8.69. The second kappa shape index (κ2) is 8.11. The zero-order valence-corrected chi connectivity index (χ0v) is 15.3. The highest BCUT2D eigenvalue weighted by Crippen LogP contribution is 2.22. The number of nitrogens with zero attached hydrogens (tertiary/aromatic N) is 2. The molecule has 2 aromatic rings. The number of carbonyl (C=O) groups excluding carboxylic acids is 1. The van der Waals surface area contributed by atoms with E-state index in [9.17, 15) is 4.79 Å². The number of hydrogen-bond donors (Lipinski definition) is 0. The Bertz CT molecular complexity index is 612. The Balaban J connectivity index is 0.00000176. The van der Waals surface area contributed by atoms with Gasteiger partial charge >= 0.3 is 0 Å². The largest absolute Gasteiger partial charge is 0.335 e. The Morgan fingerprint density at radius 2 is 1.82 bits per heavy atom. The summed E-state index contributed by atoms with van der Waals surface area (Å²) < 4.78 is 0.985. The molecule has 0 spiro atoms. The van der Waals surface area contributed by atoms with E-state index in [0.29, 0.717) is 0 Å². The number of rotatable bonds is 3. The topological polar surface area (TPSA) is 23.6 Å². The van der Waals surface area contributed by atoms with Crippen molar-refractivity contribution in [3.8, 4) is 0 Å². The molecule has 6 heteroatoms. The molecule has 0 aliphatic carbocycles. The van der Waals surface area contributed by atoms with Crippen LogP contribution in [0.1, 0.15) is 15.2 Å². The zero-order valence-electron chi connectivity index (χ0n) is 12.1. The Morgan fingerprint density at radius 1 is 1.14 bits per heavy atom. The van der Waals surface area contributed by atoms with E-state index in [0.717, 1.165) is 42.1 Å². The average molecular weight is 402 g/mol. The van der Waals surface area contributed by atoms with Crippen molar-refractivity contribution in [3.63, 3.8) is 0 Å². The minimum Gasteiger partial charge on any atom is -0.335 e. The lowest BCUT2D eigenvalue weighted by Crippen LogP contribution is -2.48. The number of carbonyl (C=O) groups is 1. The molecule has 1 amide bonds. The molecule has 0 unspecified atom stereocenters. The SMILES string of the molecule is Cl.O=C(c1cc(Br)cs1)N1CCN(Cc2ccccc2)CC1. The first-order chi connectivity index (χ1) is 10.2. The maximum atomic E-state index is 12.4. The Labute approximate surface area is 149 Å². The Morgan fingerprint density at radius 3 is 2.41 bits per heavy atom. The molecule has 1 aromatic carbocycles. The lowest BCUT2D eigenvalue weighted by atomic mass is 10.2. The standard InChI is InChI=1S/C16H17BrN2OS.ClH/c17-14-10-15(21-12-14)16(20)19-8-6-18(7-9-19)11-13-4-2-1-3-5-13;/h1-5,10,12H,6-9,11H2;1H. The van der Waals surface area contributed by atoms with Crippen molar-refractivity contribution in [1.82, 2.24) is 9.80 Å². The summed E-state index contributed by atoms with van der Waals surface area (Å²) in [4.78, 5) is 17.6. The normalized spacial score (nSPS) is 15.4. The molecule has 0 N–H and O–H groups in total. The summed E-state index contributed by atoms with van der Waals surface area (Å²) in [6, 6.07) is 12.4. The molecule has 1 aromatic heterocycles. The van der Waals surface area contributed by atoms with Gasteiger partial charge in [-0.3, -0.25) is 9.69 Å². The lowest BCUT2D eigenvalue weighted by Gasteiger charge is -2.34. The van der Waals surface area contributed by atoms with Gasteiger partial charge in [0.1, 0.15) is 0 Å². The van der Waals surface area contributed by atoms with E-state index in [1.165, 1.54) is 16.9 Å². The van der Waals surface area contributed by atoms with Gasteiger partial charge in [0, 0.05) is 42.6 Å². The summed E-state index contributed by atoms with van der Waals surface area (Å²) in [6.07, 6.45) is 0. The van der Waals surface area contributed by atoms with E-state index >= 15 is 0 Å². The maximum Gasteiger partial charge on any atom is 0.264 e. The van der Waals surface area contributed by atoms with Crippen LogP contribution < -0.4 is 0 Å². The summed E-state index contributed by atoms with van der Waals surface area (Å²) in [7, 11) is 0. The van der Waals surface area contributed by atoms with Crippen LogP contribution in [0.2, 0.25) is 0 Å². The predicted molar refractivity (Wildman–Crippen MR) is 96.9 cm³/mol. The fourth-order valence-electron chi connectivity index (χ4n) is 2.53. The molecule has 1 aliphatic heterocycles. The van der Waals surface area contributed by atoms with Gasteiger partial charge in [0.2, 0.25) is 0 Å². The van der Waals surface area contributed by atoms with E-state index in [4.69, 9.17) is 0 Å². The van der Waals surface area contributed by atoms with Gasteiger partial charge in [-0.15, -0.1) is 23.7 Å². The number of thiophene rings is 1. The monoisotopic (exact) mass is 400 g/mol. The van der Waals surface area contributed by atoms with Gasteiger partial charge in [-0.25, -0.2) is 0 Å². The molecule has 0 saturated carbocycles. The third-order valence-electron chi connectivity index (χ3n) is 3.69. The van der Waals surface area contributed by atoms with Crippen LogP contribution in [0.15, 0.2) is 46.3 Å².